The zero-order chi connectivity index (χ0) is 10.7. The molecule has 4 heteroatoms. The highest BCUT2D eigenvalue weighted by Gasteiger charge is 2.01. The fourth-order valence-corrected chi connectivity index (χ4v) is 2.21. The highest BCUT2D eigenvalue weighted by Crippen LogP contribution is 2.16. The molecule has 0 atom stereocenters. The maximum absolute atomic E-state index is 5.79. The molecule has 0 fully saturated rings. The summed E-state index contributed by atoms with van der Waals surface area (Å²) in [6.45, 7) is 0. The van der Waals surface area contributed by atoms with Crippen molar-refractivity contribution < 1.29 is 0 Å². The molecule has 0 aliphatic carbocycles. The molecule has 76 valence electrons. The van der Waals surface area contributed by atoms with E-state index in [-0.39, 0.29) is 0 Å². The third-order valence-corrected chi connectivity index (χ3v) is 3.44. The van der Waals surface area contributed by atoms with Crippen LogP contribution >= 0.6 is 35.2 Å². The van der Waals surface area contributed by atoms with Crippen LogP contribution in [-0.4, -0.2) is 4.99 Å². The SMILES string of the molecule is S=C(Nc1ccc(Cl)cc1)c1cccs1. The molecule has 1 nitrogen and oxygen atoms in total. The standard InChI is InChI=1S/C11H8ClNS2/c12-8-3-5-9(6-4-8)13-11(14)10-2-1-7-15-10/h1-7H,(H,13,14). The van der Waals surface area contributed by atoms with E-state index >= 15 is 0 Å². The van der Waals surface area contributed by atoms with Crippen molar-refractivity contribution in [2.45, 2.75) is 0 Å². The minimum absolute atomic E-state index is 0.725. The second kappa shape index (κ2) is 4.75. The van der Waals surface area contributed by atoms with Crippen molar-refractivity contribution >= 4 is 45.8 Å². The molecular formula is C11H8ClNS2. The molecule has 0 aliphatic rings. The molecule has 1 aromatic carbocycles. The molecule has 0 spiro atoms. The Morgan fingerprint density at radius 2 is 1.93 bits per heavy atom. The first-order valence-corrected chi connectivity index (χ1v) is 6.03. The van der Waals surface area contributed by atoms with E-state index in [0.717, 1.165) is 20.6 Å². The summed E-state index contributed by atoms with van der Waals surface area (Å²) in [5.74, 6) is 0. The maximum atomic E-state index is 5.79. The maximum Gasteiger partial charge on any atom is 0.121 e. The molecule has 0 amide bonds. The first-order valence-electron chi connectivity index (χ1n) is 4.36. The van der Waals surface area contributed by atoms with Gasteiger partial charge in [0.05, 0.1) is 4.88 Å². The van der Waals surface area contributed by atoms with E-state index in [2.05, 4.69) is 5.32 Å². The van der Waals surface area contributed by atoms with Crippen molar-refractivity contribution in [1.29, 1.82) is 0 Å². The third kappa shape index (κ3) is 2.78. The Hall–Kier alpha value is -0.900. The van der Waals surface area contributed by atoms with Gasteiger partial charge in [-0.25, -0.2) is 0 Å². The summed E-state index contributed by atoms with van der Waals surface area (Å²) in [6.07, 6.45) is 0. The normalized spacial score (nSPS) is 9.93. The van der Waals surface area contributed by atoms with E-state index in [1.165, 1.54) is 0 Å². The number of thiocarbonyl (C=S) groups is 1. The van der Waals surface area contributed by atoms with E-state index < -0.39 is 0 Å². The molecular weight excluding hydrogens is 246 g/mol. The number of hydrogen-bond donors (Lipinski definition) is 1. The Morgan fingerprint density at radius 1 is 1.20 bits per heavy atom. The summed E-state index contributed by atoms with van der Waals surface area (Å²) in [7, 11) is 0. The average Bonchev–Trinajstić information content (AvgIpc) is 2.74. The van der Waals surface area contributed by atoms with Gasteiger partial charge in [-0.3, -0.25) is 0 Å². The van der Waals surface area contributed by atoms with E-state index in [9.17, 15) is 0 Å². The van der Waals surface area contributed by atoms with E-state index in [1.807, 2.05) is 41.8 Å². The molecule has 1 aromatic heterocycles. The summed E-state index contributed by atoms with van der Waals surface area (Å²) in [5, 5.41) is 5.88. The lowest BCUT2D eigenvalue weighted by atomic mass is 10.3. The van der Waals surface area contributed by atoms with Crippen molar-refractivity contribution in [3.8, 4) is 0 Å². The molecule has 0 unspecified atom stereocenters. The van der Waals surface area contributed by atoms with Gasteiger partial charge >= 0.3 is 0 Å². The van der Waals surface area contributed by atoms with Crippen LogP contribution < -0.4 is 5.32 Å². The third-order valence-electron chi connectivity index (χ3n) is 1.85. The topological polar surface area (TPSA) is 12.0 Å². The number of anilines is 1. The Labute approximate surface area is 103 Å². The molecule has 2 rings (SSSR count). The van der Waals surface area contributed by atoms with Crippen LogP contribution in [0, 0.1) is 0 Å². The Bertz CT molecular complexity index is 448. The van der Waals surface area contributed by atoms with Gasteiger partial charge < -0.3 is 5.32 Å². The fraction of sp³-hybridized carbons (Fsp3) is 0. The van der Waals surface area contributed by atoms with Gasteiger partial charge in [0.15, 0.2) is 0 Å². The van der Waals surface area contributed by atoms with Gasteiger partial charge in [-0.05, 0) is 35.7 Å². The summed E-state index contributed by atoms with van der Waals surface area (Å²) >= 11 is 12.7. The van der Waals surface area contributed by atoms with Crippen LogP contribution in [0.25, 0.3) is 0 Å². The van der Waals surface area contributed by atoms with Crippen LogP contribution in [0.1, 0.15) is 4.88 Å². The smallest absolute Gasteiger partial charge is 0.121 e. The monoisotopic (exact) mass is 253 g/mol. The predicted octanol–water partition coefficient (Wildman–Crippen LogP) is 4.19. The second-order valence-electron chi connectivity index (χ2n) is 2.94. The van der Waals surface area contributed by atoms with Gasteiger partial charge in [-0.1, -0.05) is 29.9 Å². The molecule has 1 N–H and O–H groups in total. The van der Waals surface area contributed by atoms with E-state index in [1.54, 1.807) is 11.3 Å². The Morgan fingerprint density at radius 3 is 2.53 bits per heavy atom. The summed E-state index contributed by atoms with van der Waals surface area (Å²) < 4.78 is 0. The lowest BCUT2D eigenvalue weighted by molar-refractivity contribution is 1.65. The van der Waals surface area contributed by atoms with Gasteiger partial charge in [0, 0.05) is 10.7 Å². The molecule has 0 bridgehead atoms. The molecule has 0 saturated carbocycles. The Kier molecular flexibility index (Phi) is 3.36. The van der Waals surface area contributed by atoms with Crippen molar-refractivity contribution in [1.82, 2.24) is 0 Å². The largest absolute Gasteiger partial charge is 0.345 e. The highest BCUT2D eigenvalue weighted by molar-refractivity contribution is 7.81. The van der Waals surface area contributed by atoms with Crippen molar-refractivity contribution in [2.24, 2.45) is 0 Å². The molecule has 0 radical (unpaired) electrons. The van der Waals surface area contributed by atoms with Gasteiger partial charge in [-0.15, -0.1) is 11.3 Å². The van der Waals surface area contributed by atoms with Crippen LogP contribution in [0.15, 0.2) is 41.8 Å². The fourth-order valence-electron chi connectivity index (χ4n) is 1.13. The molecule has 15 heavy (non-hydrogen) atoms. The van der Waals surface area contributed by atoms with Crippen LogP contribution in [0.4, 0.5) is 5.69 Å². The summed E-state index contributed by atoms with van der Waals surface area (Å²) in [5.41, 5.74) is 0.956. The quantitative estimate of drug-likeness (QED) is 0.806. The highest BCUT2D eigenvalue weighted by atomic mass is 35.5. The number of hydrogen-bond acceptors (Lipinski definition) is 2. The molecule has 2 aromatic rings. The lowest BCUT2D eigenvalue weighted by Gasteiger charge is -2.05. The van der Waals surface area contributed by atoms with E-state index in [0.29, 0.717) is 0 Å². The van der Waals surface area contributed by atoms with Crippen LogP contribution in [0.2, 0.25) is 5.02 Å². The van der Waals surface area contributed by atoms with Crippen LogP contribution in [0.3, 0.4) is 0 Å². The van der Waals surface area contributed by atoms with Crippen molar-refractivity contribution in [3.63, 3.8) is 0 Å². The number of thiophene rings is 1. The van der Waals surface area contributed by atoms with Crippen molar-refractivity contribution in [3.05, 3.63) is 51.7 Å². The number of nitrogens with one attached hydrogen (secondary N) is 1. The van der Waals surface area contributed by atoms with Crippen LogP contribution in [-0.2, 0) is 0 Å². The number of halogens is 1. The van der Waals surface area contributed by atoms with Gasteiger partial charge in [0.1, 0.15) is 4.99 Å². The zero-order valence-electron chi connectivity index (χ0n) is 7.74. The van der Waals surface area contributed by atoms with Gasteiger partial charge in [-0.2, -0.15) is 0 Å². The molecule has 0 saturated heterocycles. The lowest BCUT2D eigenvalue weighted by Crippen LogP contribution is -2.08. The van der Waals surface area contributed by atoms with Gasteiger partial charge in [0.2, 0.25) is 0 Å². The molecule has 1 heterocycles. The Balaban J connectivity index is 2.09. The van der Waals surface area contributed by atoms with E-state index in [4.69, 9.17) is 23.8 Å². The predicted molar refractivity (Wildman–Crippen MR) is 71.1 cm³/mol. The minimum atomic E-state index is 0.725. The molecule has 0 aliphatic heterocycles. The number of rotatable bonds is 2. The van der Waals surface area contributed by atoms with Crippen LogP contribution in [0.5, 0.6) is 0 Å². The van der Waals surface area contributed by atoms with Gasteiger partial charge in [0.25, 0.3) is 0 Å². The summed E-state index contributed by atoms with van der Waals surface area (Å²) in [6, 6.07) is 11.5. The second-order valence-corrected chi connectivity index (χ2v) is 4.73. The zero-order valence-corrected chi connectivity index (χ0v) is 10.1. The number of benzene rings is 1. The average molecular weight is 254 g/mol. The summed E-state index contributed by atoms with van der Waals surface area (Å²) in [4.78, 5) is 1.81. The first kappa shape index (κ1) is 10.6. The first-order chi connectivity index (χ1) is 7.25. The minimum Gasteiger partial charge on any atom is -0.345 e. The van der Waals surface area contributed by atoms with Crippen molar-refractivity contribution in [2.75, 3.05) is 5.32 Å².